The monoisotopic (exact) mass is 654 g/mol. The fourth-order valence-corrected chi connectivity index (χ4v) is 30.4. The summed E-state index contributed by atoms with van der Waals surface area (Å²) in [7, 11) is 0. The molecule has 0 saturated heterocycles. The minimum atomic E-state index is -1.82. The number of benzene rings is 2. The second kappa shape index (κ2) is 14.6. The Morgan fingerprint density at radius 1 is 0.686 bits per heavy atom. The van der Waals surface area contributed by atoms with Gasteiger partial charge in [0.2, 0.25) is 0 Å². The summed E-state index contributed by atoms with van der Waals surface area (Å²) in [5, 5.41) is 0. The summed E-state index contributed by atoms with van der Waals surface area (Å²) in [6.45, 7) is 14.9. The van der Waals surface area contributed by atoms with Crippen LogP contribution in [0.25, 0.3) is 11.1 Å². The van der Waals surface area contributed by atoms with Crippen molar-refractivity contribution in [2.45, 2.75) is 98.2 Å². The average Bonchev–Trinajstić information content (AvgIpc) is 3.16. The molecule has 0 radical (unpaired) electrons. The molecule has 1 N–H and O–H groups in total. The van der Waals surface area contributed by atoms with E-state index in [1.54, 1.807) is 16.7 Å². The summed E-state index contributed by atoms with van der Waals surface area (Å²) in [5.74, 6) is 0.185. The number of rotatable bonds is 5. The van der Waals surface area contributed by atoms with Crippen LogP contribution in [0.2, 0.25) is 13.1 Å². The zero-order valence-electron chi connectivity index (χ0n) is 23.2. The van der Waals surface area contributed by atoms with Crippen LogP contribution in [-0.4, -0.2) is 12.0 Å². The van der Waals surface area contributed by atoms with Crippen molar-refractivity contribution in [3.63, 3.8) is 0 Å². The average molecular weight is 653 g/mol. The smallest absolute Gasteiger partial charge is 0.0184 e. The van der Waals surface area contributed by atoms with E-state index in [0.717, 1.165) is 12.0 Å². The first-order valence-electron chi connectivity index (χ1n) is 14.0. The summed E-state index contributed by atoms with van der Waals surface area (Å²) in [4.78, 5) is 0. The standard InChI is InChI=1S/C12H10.C9H18N.C9H13.C2H7Si.Hf/c1-3-7-11(8-4-1)12-9-5-2-6-10-12;10-9-7-5-3-1-2-4-6-8-9;1-6-5-7(2)9(4)8(6)3;1-3-2;/h1-10H;9-10H,1-8H2;6H,1-4H3;3H,1-2H3;/q;-1;;;+1. The van der Waals surface area contributed by atoms with Crippen LogP contribution >= 0.6 is 0 Å². The number of allylic oxidation sites excluding steroid dienone is 4. The van der Waals surface area contributed by atoms with Crippen molar-refractivity contribution in [2.75, 3.05) is 0 Å². The SMILES string of the molecule is CC1=C(C)C(C)[C]([Hf]([NH]C2CCCCCCCC2)[SiH](C)C)=C1C.c1ccc(-c2ccccc2)cc1. The van der Waals surface area contributed by atoms with Gasteiger partial charge in [-0.1, -0.05) is 60.7 Å². The van der Waals surface area contributed by atoms with Crippen LogP contribution in [0.4, 0.5) is 0 Å². The molecule has 0 aliphatic heterocycles. The predicted molar refractivity (Wildman–Crippen MR) is 155 cm³/mol. The Morgan fingerprint density at radius 3 is 1.54 bits per heavy atom. The number of hydrogen-bond donors (Lipinski definition) is 1. The van der Waals surface area contributed by atoms with Crippen LogP contribution < -0.4 is 3.30 Å². The Kier molecular flexibility index (Phi) is 11.9. The Labute approximate surface area is 225 Å². The zero-order chi connectivity index (χ0) is 25.2. The van der Waals surface area contributed by atoms with Crippen LogP contribution in [0.3, 0.4) is 0 Å². The molecule has 4 rings (SSSR count). The van der Waals surface area contributed by atoms with Gasteiger partial charge in [0.05, 0.1) is 0 Å². The largest absolute Gasteiger partial charge is 0.0622 e. The molecule has 0 heterocycles. The van der Waals surface area contributed by atoms with E-state index in [4.69, 9.17) is 0 Å². The maximum absolute atomic E-state index is 4.38. The second-order valence-corrected chi connectivity index (χ2v) is 36.3. The van der Waals surface area contributed by atoms with Gasteiger partial charge < -0.3 is 0 Å². The molecule has 0 amide bonds. The van der Waals surface area contributed by atoms with Gasteiger partial charge in [0.1, 0.15) is 0 Å². The van der Waals surface area contributed by atoms with Crippen LogP contribution in [0.5, 0.6) is 0 Å². The van der Waals surface area contributed by atoms with E-state index >= 15 is 0 Å². The van der Waals surface area contributed by atoms with E-state index < -0.39 is 26.9 Å². The Bertz CT molecular complexity index is 916. The normalized spacial score (nSPS) is 19.7. The van der Waals surface area contributed by atoms with E-state index in [0.29, 0.717) is 0 Å². The fraction of sp³-hybridized carbons (Fsp3) is 0.500. The molecular formula is C32H48HfNSi. The van der Waals surface area contributed by atoms with Crippen LogP contribution in [-0.2, 0) is 20.9 Å². The van der Waals surface area contributed by atoms with Gasteiger partial charge in [0.15, 0.2) is 0 Å². The number of nitrogens with one attached hydrogen (secondary N) is 1. The molecule has 0 spiro atoms. The van der Waals surface area contributed by atoms with Gasteiger partial charge in [-0.25, -0.2) is 0 Å². The molecule has 1 saturated carbocycles. The van der Waals surface area contributed by atoms with Gasteiger partial charge in [0.25, 0.3) is 0 Å². The Morgan fingerprint density at radius 2 is 1.14 bits per heavy atom. The molecule has 0 aromatic heterocycles. The molecule has 2 aliphatic rings. The van der Waals surface area contributed by atoms with Crippen LogP contribution in [0.15, 0.2) is 80.7 Å². The Hall–Kier alpha value is -1.03. The van der Waals surface area contributed by atoms with Crippen molar-refractivity contribution in [1.29, 1.82) is 0 Å². The van der Waals surface area contributed by atoms with E-state index in [9.17, 15) is 0 Å². The van der Waals surface area contributed by atoms with Gasteiger partial charge in [-0.05, 0) is 11.1 Å². The molecule has 189 valence electrons. The molecule has 1 fully saturated rings. The summed E-state index contributed by atoms with van der Waals surface area (Å²) in [6, 6.07) is 21.6. The molecule has 2 aromatic rings. The molecule has 0 bridgehead atoms. The first-order valence-corrected chi connectivity index (χ1v) is 26.7. The summed E-state index contributed by atoms with van der Waals surface area (Å²) >= 11 is -1.82. The maximum atomic E-state index is 4.38. The first kappa shape index (κ1) is 28.5. The van der Waals surface area contributed by atoms with Gasteiger partial charge in [0, 0.05) is 0 Å². The summed E-state index contributed by atoms with van der Waals surface area (Å²) < 4.78 is 6.34. The van der Waals surface area contributed by atoms with Crippen molar-refractivity contribution < 1.29 is 20.9 Å². The second-order valence-electron chi connectivity index (χ2n) is 10.9. The topological polar surface area (TPSA) is 12.0 Å². The summed E-state index contributed by atoms with van der Waals surface area (Å²) in [6.07, 6.45) is 11.7. The van der Waals surface area contributed by atoms with E-state index in [1.807, 2.05) is 15.5 Å². The molecule has 3 heteroatoms. The molecule has 1 atom stereocenters. The van der Waals surface area contributed by atoms with E-state index in [2.05, 4.69) is 92.6 Å². The maximum Gasteiger partial charge on any atom is -0.0184 e. The fourth-order valence-electron chi connectivity index (χ4n) is 5.61. The third-order valence-electron chi connectivity index (χ3n) is 8.10. The minimum Gasteiger partial charge on any atom is -0.0622 e. The minimum absolute atomic E-state index is 0.561. The molecule has 2 aromatic carbocycles. The van der Waals surface area contributed by atoms with Crippen molar-refractivity contribution in [3.05, 3.63) is 80.7 Å². The van der Waals surface area contributed by atoms with E-state index in [-0.39, 0.29) is 0 Å². The van der Waals surface area contributed by atoms with Crippen molar-refractivity contribution in [3.8, 4) is 11.1 Å². The molecule has 1 unspecified atom stereocenters. The van der Waals surface area contributed by atoms with Crippen molar-refractivity contribution in [2.24, 2.45) is 5.92 Å². The third kappa shape index (κ3) is 8.23. The van der Waals surface area contributed by atoms with Crippen molar-refractivity contribution in [1.82, 2.24) is 3.30 Å². The Balaban J connectivity index is 0.000000237. The molecule has 1 nitrogen and oxygen atoms in total. The molecule has 2 aliphatic carbocycles. The van der Waals surface area contributed by atoms with E-state index in [1.165, 1.54) is 62.5 Å². The van der Waals surface area contributed by atoms with Gasteiger partial charge in [-0.15, -0.1) is 0 Å². The van der Waals surface area contributed by atoms with Crippen LogP contribution in [0.1, 0.15) is 79.1 Å². The van der Waals surface area contributed by atoms with Crippen LogP contribution in [0, 0.1) is 5.92 Å². The summed E-state index contributed by atoms with van der Waals surface area (Å²) in [5.41, 5.74) is 7.51. The van der Waals surface area contributed by atoms with Gasteiger partial charge in [-0.2, -0.15) is 0 Å². The molecular weight excluding hydrogens is 605 g/mol. The zero-order valence-corrected chi connectivity index (χ0v) is 27.9. The van der Waals surface area contributed by atoms with Gasteiger partial charge >= 0.3 is 154 Å². The van der Waals surface area contributed by atoms with Crippen molar-refractivity contribution >= 4 is 5.98 Å². The van der Waals surface area contributed by atoms with Gasteiger partial charge in [-0.3, -0.25) is 0 Å². The number of hydrogen-bond acceptors (Lipinski definition) is 1. The quantitative estimate of drug-likeness (QED) is 0.318. The third-order valence-corrected chi connectivity index (χ3v) is 33.2. The predicted octanol–water partition coefficient (Wildman–Crippen LogP) is 9.21. The molecule has 35 heavy (non-hydrogen) atoms. The first-order chi connectivity index (χ1) is 16.9.